The van der Waals surface area contributed by atoms with E-state index in [2.05, 4.69) is 4.90 Å². The standard InChI is InChI=1S/C19H21FN2O2/c1-21-9-10-22(12-18(21)13-23)19(24)15-7-5-14(6-8-15)16-3-2-4-17(20)11-16/h2-8,11,18,23H,9-10,12-13H2,1H3/t18-/m0/s1. The Kier molecular flexibility index (Phi) is 4.92. The van der Waals surface area contributed by atoms with Gasteiger partial charge in [-0.15, -0.1) is 0 Å². The molecule has 1 atom stereocenters. The fraction of sp³-hybridized carbons (Fsp3) is 0.316. The minimum atomic E-state index is -0.278. The zero-order chi connectivity index (χ0) is 17.1. The second-order valence-corrected chi connectivity index (χ2v) is 6.16. The van der Waals surface area contributed by atoms with Gasteiger partial charge in [0.25, 0.3) is 5.91 Å². The van der Waals surface area contributed by atoms with Crippen LogP contribution in [0, 0.1) is 5.82 Å². The van der Waals surface area contributed by atoms with Crippen LogP contribution in [0.25, 0.3) is 11.1 Å². The predicted molar refractivity (Wildman–Crippen MR) is 91.2 cm³/mol. The molecule has 0 unspecified atom stereocenters. The smallest absolute Gasteiger partial charge is 0.253 e. The average Bonchev–Trinajstić information content (AvgIpc) is 2.62. The molecule has 2 aromatic rings. The van der Waals surface area contributed by atoms with Crippen LogP contribution in [-0.4, -0.2) is 60.1 Å². The van der Waals surface area contributed by atoms with E-state index < -0.39 is 0 Å². The summed E-state index contributed by atoms with van der Waals surface area (Å²) in [7, 11) is 1.95. The van der Waals surface area contributed by atoms with E-state index in [-0.39, 0.29) is 24.4 Å². The molecule has 5 heteroatoms. The van der Waals surface area contributed by atoms with Gasteiger partial charge in [0.05, 0.1) is 12.6 Å². The molecule has 24 heavy (non-hydrogen) atoms. The summed E-state index contributed by atoms with van der Waals surface area (Å²) in [6.07, 6.45) is 0. The third kappa shape index (κ3) is 3.47. The van der Waals surface area contributed by atoms with Gasteiger partial charge >= 0.3 is 0 Å². The summed E-state index contributed by atoms with van der Waals surface area (Å²) in [5, 5.41) is 9.41. The van der Waals surface area contributed by atoms with Crippen LogP contribution in [0.1, 0.15) is 10.4 Å². The van der Waals surface area contributed by atoms with Crippen molar-refractivity contribution in [2.75, 3.05) is 33.3 Å². The van der Waals surface area contributed by atoms with Gasteiger partial charge in [0.2, 0.25) is 0 Å². The van der Waals surface area contributed by atoms with Crippen LogP contribution in [0.15, 0.2) is 48.5 Å². The molecule has 0 spiro atoms. The van der Waals surface area contributed by atoms with Gasteiger partial charge in [-0.1, -0.05) is 24.3 Å². The highest BCUT2D eigenvalue weighted by atomic mass is 19.1. The number of hydrogen-bond acceptors (Lipinski definition) is 3. The molecule has 1 aliphatic rings. The number of nitrogens with zero attached hydrogens (tertiary/aromatic N) is 2. The molecule has 1 aliphatic heterocycles. The number of aliphatic hydroxyl groups is 1. The van der Waals surface area contributed by atoms with Crippen LogP contribution in [0.4, 0.5) is 4.39 Å². The summed E-state index contributed by atoms with van der Waals surface area (Å²) in [6.45, 7) is 1.96. The third-order valence-electron chi connectivity index (χ3n) is 4.56. The Morgan fingerprint density at radius 1 is 1.17 bits per heavy atom. The number of rotatable bonds is 3. The number of benzene rings is 2. The molecule has 4 nitrogen and oxygen atoms in total. The second kappa shape index (κ2) is 7.11. The molecule has 0 bridgehead atoms. The van der Waals surface area contributed by atoms with Crippen LogP contribution in [0.3, 0.4) is 0 Å². The Morgan fingerprint density at radius 3 is 2.58 bits per heavy atom. The maximum absolute atomic E-state index is 13.3. The van der Waals surface area contributed by atoms with Crippen molar-refractivity contribution in [1.82, 2.24) is 9.80 Å². The van der Waals surface area contributed by atoms with Crippen molar-refractivity contribution in [3.05, 3.63) is 59.9 Å². The Bertz CT molecular complexity index is 718. The molecule has 1 fully saturated rings. The van der Waals surface area contributed by atoms with Crippen LogP contribution in [0.2, 0.25) is 0 Å². The molecule has 1 saturated heterocycles. The zero-order valence-corrected chi connectivity index (χ0v) is 13.7. The SMILES string of the molecule is CN1CCN(C(=O)c2ccc(-c3cccc(F)c3)cc2)C[C@H]1CO. The second-order valence-electron chi connectivity index (χ2n) is 6.16. The van der Waals surface area contributed by atoms with Crippen molar-refractivity contribution >= 4 is 5.91 Å². The Hall–Kier alpha value is -2.24. The van der Waals surface area contributed by atoms with E-state index in [4.69, 9.17) is 0 Å². The number of piperazine rings is 1. The maximum Gasteiger partial charge on any atom is 0.253 e. The normalized spacial score (nSPS) is 18.6. The predicted octanol–water partition coefficient (Wildman–Crippen LogP) is 2.24. The lowest BCUT2D eigenvalue weighted by molar-refractivity contribution is 0.0421. The number of carbonyl (C=O) groups excluding carboxylic acids is 1. The minimum absolute atomic E-state index is 0.0192. The zero-order valence-electron chi connectivity index (χ0n) is 13.7. The number of halogens is 1. The highest BCUT2D eigenvalue weighted by Crippen LogP contribution is 2.21. The van der Waals surface area contributed by atoms with Crippen LogP contribution < -0.4 is 0 Å². The molecule has 1 amide bonds. The Labute approximate surface area is 141 Å². The first-order valence-electron chi connectivity index (χ1n) is 8.05. The van der Waals surface area contributed by atoms with Crippen molar-refractivity contribution in [3.8, 4) is 11.1 Å². The fourth-order valence-electron chi connectivity index (χ4n) is 2.98. The molecule has 1 N–H and O–H groups in total. The topological polar surface area (TPSA) is 43.8 Å². The van der Waals surface area contributed by atoms with E-state index in [1.54, 1.807) is 23.1 Å². The van der Waals surface area contributed by atoms with E-state index in [9.17, 15) is 14.3 Å². The molecular weight excluding hydrogens is 307 g/mol. The van der Waals surface area contributed by atoms with E-state index >= 15 is 0 Å². The largest absolute Gasteiger partial charge is 0.395 e. The molecule has 0 radical (unpaired) electrons. The van der Waals surface area contributed by atoms with Gasteiger partial charge in [0.1, 0.15) is 5.82 Å². The number of hydrogen-bond donors (Lipinski definition) is 1. The molecule has 2 aromatic carbocycles. The van der Waals surface area contributed by atoms with E-state index in [0.717, 1.165) is 17.7 Å². The van der Waals surface area contributed by atoms with Crippen molar-refractivity contribution in [2.45, 2.75) is 6.04 Å². The molecule has 1 heterocycles. The highest BCUT2D eigenvalue weighted by Gasteiger charge is 2.27. The van der Waals surface area contributed by atoms with E-state index in [0.29, 0.717) is 18.7 Å². The van der Waals surface area contributed by atoms with Gasteiger partial charge in [-0.2, -0.15) is 0 Å². The average molecular weight is 328 g/mol. The van der Waals surface area contributed by atoms with Crippen LogP contribution in [0.5, 0.6) is 0 Å². The van der Waals surface area contributed by atoms with Gasteiger partial charge in [-0.05, 0) is 42.4 Å². The van der Waals surface area contributed by atoms with E-state index in [1.165, 1.54) is 12.1 Å². The summed E-state index contributed by atoms with van der Waals surface area (Å²) in [6, 6.07) is 13.6. The summed E-state index contributed by atoms with van der Waals surface area (Å²) in [4.78, 5) is 16.5. The number of amides is 1. The summed E-state index contributed by atoms with van der Waals surface area (Å²) >= 11 is 0. The number of carbonyl (C=O) groups is 1. The summed E-state index contributed by atoms with van der Waals surface area (Å²) in [5.41, 5.74) is 2.27. The molecule has 0 aliphatic carbocycles. The van der Waals surface area contributed by atoms with Crippen LogP contribution >= 0.6 is 0 Å². The maximum atomic E-state index is 13.3. The van der Waals surface area contributed by atoms with Crippen LogP contribution in [-0.2, 0) is 0 Å². The lowest BCUT2D eigenvalue weighted by Gasteiger charge is -2.38. The lowest BCUT2D eigenvalue weighted by atomic mass is 10.0. The first-order valence-corrected chi connectivity index (χ1v) is 8.05. The number of aliphatic hydroxyl groups excluding tert-OH is 1. The van der Waals surface area contributed by atoms with Crippen molar-refractivity contribution < 1.29 is 14.3 Å². The summed E-state index contributed by atoms with van der Waals surface area (Å²) in [5.74, 6) is -0.313. The summed E-state index contributed by atoms with van der Waals surface area (Å²) < 4.78 is 13.3. The van der Waals surface area contributed by atoms with Crippen molar-refractivity contribution in [1.29, 1.82) is 0 Å². The lowest BCUT2D eigenvalue weighted by Crippen LogP contribution is -2.54. The molecule has 3 rings (SSSR count). The quantitative estimate of drug-likeness (QED) is 0.940. The molecule has 126 valence electrons. The van der Waals surface area contributed by atoms with Gasteiger partial charge in [-0.3, -0.25) is 9.69 Å². The first kappa shape index (κ1) is 16.6. The van der Waals surface area contributed by atoms with Crippen molar-refractivity contribution in [3.63, 3.8) is 0 Å². The highest BCUT2D eigenvalue weighted by molar-refractivity contribution is 5.94. The minimum Gasteiger partial charge on any atom is -0.395 e. The van der Waals surface area contributed by atoms with Crippen molar-refractivity contribution in [2.24, 2.45) is 0 Å². The third-order valence-corrected chi connectivity index (χ3v) is 4.56. The van der Waals surface area contributed by atoms with Gasteiger partial charge in [-0.25, -0.2) is 4.39 Å². The van der Waals surface area contributed by atoms with Gasteiger partial charge in [0, 0.05) is 25.2 Å². The number of likely N-dealkylation sites (N-methyl/N-ethyl adjacent to an activating group) is 1. The molecule has 0 aromatic heterocycles. The Balaban J connectivity index is 1.74. The van der Waals surface area contributed by atoms with Gasteiger partial charge in [0.15, 0.2) is 0 Å². The fourth-order valence-corrected chi connectivity index (χ4v) is 2.98. The Morgan fingerprint density at radius 2 is 1.92 bits per heavy atom. The monoisotopic (exact) mass is 328 g/mol. The first-order chi connectivity index (χ1) is 11.6. The van der Waals surface area contributed by atoms with Gasteiger partial charge < -0.3 is 10.0 Å². The molecule has 0 saturated carbocycles. The molecular formula is C19H21FN2O2. The van der Waals surface area contributed by atoms with E-state index in [1.807, 2.05) is 25.2 Å².